The van der Waals surface area contributed by atoms with Crippen LogP contribution < -0.4 is 5.32 Å². The van der Waals surface area contributed by atoms with Crippen LogP contribution in [0, 0.1) is 0 Å². The molecule has 0 spiro atoms. The maximum absolute atomic E-state index is 11.5. The minimum Gasteiger partial charge on any atom is -0.374 e. The van der Waals surface area contributed by atoms with Crippen LogP contribution in [-0.4, -0.2) is 32.8 Å². The lowest BCUT2D eigenvalue weighted by atomic mass is 10.1. The van der Waals surface area contributed by atoms with Crippen molar-refractivity contribution in [2.45, 2.75) is 39.4 Å². The van der Waals surface area contributed by atoms with Gasteiger partial charge < -0.3 is 14.4 Å². The maximum Gasteiger partial charge on any atom is 0.369 e. The van der Waals surface area contributed by atoms with E-state index in [9.17, 15) is 4.32 Å². The smallest absolute Gasteiger partial charge is 0.369 e. The minimum atomic E-state index is 0.153. The highest BCUT2D eigenvalue weighted by Gasteiger charge is 2.05. The summed E-state index contributed by atoms with van der Waals surface area (Å²) in [5, 5.41) is 2.91. The van der Waals surface area contributed by atoms with Gasteiger partial charge in [-0.3, -0.25) is 0 Å². The van der Waals surface area contributed by atoms with Crippen LogP contribution in [0.5, 0.6) is 0 Å². The molecule has 0 aliphatic heterocycles. The summed E-state index contributed by atoms with van der Waals surface area (Å²) in [5.41, 5.74) is 0. The van der Waals surface area contributed by atoms with E-state index in [4.69, 9.17) is 4.74 Å². The van der Waals surface area contributed by atoms with Crippen molar-refractivity contribution >= 4 is 7.56 Å². The van der Waals surface area contributed by atoms with Gasteiger partial charge in [-0.2, -0.15) is 0 Å². The zero-order valence-electron chi connectivity index (χ0n) is 8.14. The Hall–Kier alpha value is -0.0851. The van der Waals surface area contributed by atoms with Gasteiger partial charge in [0.25, 0.3) is 0 Å². The Labute approximate surface area is 75.2 Å². The van der Waals surface area contributed by atoms with Gasteiger partial charge in [-0.05, 0) is 20.3 Å². The number of hydrogen-bond donors (Lipinski definition) is 1. The SMILES string of the molecule is CC[C@@H](C)O[C@@H](C)CNC[B]F. The lowest BCUT2D eigenvalue weighted by Crippen LogP contribution is -2.31. The summed E-state index contributed by atoms with van der Waals surface area (Å²) in [7, 11) is 0.607. The highest BCUT2D eigenvalue weighted by molar-refractivity contribution is 6.26. The molecule has 0 heterocycles. The van der Waals surface area contributed by atoms with E-state index >= 15 is 0 Å². The monoisotopic (exact) mass is 174 g/mol. The predicted molar refractivity (Wildman–Crippen MR) is 50.0 cm³/mol. The van der Waals surface area contributed by atoms with Crippen LogP contribution in [0.1, 0.15) is 27.2 Å². The summed E-state index contributed by atoms with van der Waals surface area (Å²) in [6.45, 7) is 6.81. The van der Waals surface area contributed by atoms with E-state index in [1.54, 1.807) is 0 Å². The molecule has 0 unspecified atom stereocenters. The standard InChI is InChI=1S/C8H18BFNO/c1-4-7(2)12-8(3)5-11-6-9-10/h7-8,11H,4-6H2,1-3H3/t7-,8+/m1/s1. The maximum atomic E-state index is 11.5. The van der Waals surface area contributed by atoms with Gasteiger partial charge in [0.15, 0.2) is 0 Å². The van der Waals surface area contributed by atoms with Gasteiger partial charge in [0.1, 0.15) is 0 Å². The fourth-order valence-corrected chi connectivity index (χ4v) is 0.882. The van der Waals surface area contributed by atoms with Crippen LogP contribution in [0.3, 0.4) is 0 Å². The van der Waals surface area contributed by atoms with Gasteiger partial charge in [-0.15, -0.1) is 0 Å². The lowest BCUT2D eigenvalue weighted by molar-refractivity contribution is 0.00812. The average molecular weight is 174 g/mol. The summed E-state index contributed by atoms with van der Waals surface area (Å²) >= 11 is 0. The Morgan fingerprint density at radius 3 is 2.58 bits per heavy atom. The van der Waals surface area contributed by atoms with Crippen LogP contribution in [-0.2, 0) is 4.74 Å². The number of nitrogens with one attached hydrogen (secondary N) is 1. The molecule has 4 heteroatoms. The van der Waals surface area contributed by atoms with Crippen LogP contribution in [0.4, 0.5) is 4.32 Å². The summed E-state index contributed by atoms with van der Waals surface area (Å²) < 4.78 is 17.1. The van der Waals surface area contributed by atoms with Crippen LogP contribution in [0.15, 0.2) is 0 Å². The molecule has 0 saturated heterocycles. The third-order valence-electron chi connectivity index (χ3n) is 1.69. The molecule has 0 fully saturated rings. The fraction of sp³-hybridized carbons (Fsp3) is 1.00. The van der Waals surface area contributed by atoms with E-state index in [1.165, 1.54) is 0 Å². The second-order valence-corrected chi connectivity index (χ2v) is 2.98. The molecule has 1 N–H and O–H groups in total. The second-order valence-electron chi connectivity index (χ2n) is 2.98. The Morgan fingerprint density at radius 2 is 2.08 bits per heavy atom. The number of hydrogen-bond acceptors (Lipinski definition) is 2. The van der Waals surface area contributed by atoms with Crippen LogP contribution in [0.2, 0.25) is 0 Å². The first-order valence-electron chi connectivity index (χ1n) is 4.48. The summed E-state index contributed by atoms with van der Waals surface area (Å²) in [6.07, 6.45) is 1.75. The molecule has 0 rings (SSSR count). The van der Waals surface area contributed by atoms with E-state index in [-0.39, 0.29) is 12.2 Å². The summed E-state index contributed by atoms with van der Waals surface area (Å²) in [5.74, 6) is 0. The molecule has 1 radical (unpaired) electrons. The van der Waals surface area contributed by atoms with Crippen LogP contribution in [0.25, 0.3) is 0 Å². The van der Waals surface area contributed by atoms with Gasteiger partial charge in [-0.1, -0.05) is 6.92 Å². The molecule has 0 aromatic heterocycles. The van der Waals surface area contributed by atoms with E-state index in [2.05, 4.69) is 12.2 Å². The third kappa shape index (κ3) is 6.61. The first-order valence-corrected chi connectivity index (χ1v) is 4.48. The largest absolute Gasteiger partial charge is 0.374 e. The van der Waals surface area contributed by atoms with Crippen molar-refractivity contribution in [1.82, 2.24) is 5.32 Å². The van der Waals surface area contributed by atoms with Gasteiger partial charge in [0, 0.05) is 13.0 Å². The number of halogens is 1. The molecule has 0 aliphatic rings. The molecular formula is C8H18BFNO. The zero-order chi connectivity index (χ0) is 9.40. The number of rotatable bonds is 7. The van der Waals surface area contributed by atoms with Crippen LogP contribution >= 0.6 is 0 Å². The molecule has 0 bridgehead atoms. The molecule has 0 aliphatic carbocycles. The van der Waals surface area contributed by atoms with Crippen molar-refractivity contribution in [3.63, 3.8) is 0 Å². The zero-order valence-corrected chi connectivity index (χ0v) is 8.14. The molecule has 0 aromatic carbocycles. The Bertz CT molecular complexity index is 105. The normalized spacial score (nSPS) is 15.7. The van der Waals surface area contributed by atoms with Gasteiger partial charge in [0.2, 0.25) is 0 Å². The van der Waals surface area contributed by atoms with Gasteiger partial charge in [-0.25, -0.2) is 0 Å². The highest BCUT2D eigenvalue weighted by Crippen LogP contribution is 2.00. The first kappa shape index (κ1) is 11.9. The third-order valence-corrected chi connectivity index (χ3v) is 1.69. The first-order chi connectivity index (χ1) is 5.70. The Kier molecular flexibility index (Phi) is 7.50. The van der Waals surface area contributed by atoms with Crippen molar-refractivity contribution in [3.05, 3.63) is 0 Å². The summed E-state index contributed by atoms with van der Waals surface area (Å²) in [4.78, 5) is 0. The molecule has 2 atom stereocenters. The molecular weight excluding hydrogens is 156 g/mol. The van der Waals surface area contributed by atoms with Crippen molar-refractivity contribution in [1.29, 1.82) is 0 Å². The topological polar surface area (TPSA) is 21.3 Å². The quantitative estimate of drug-likeness (QED) is 0.464. The minimum absolute atomic E-state index is 0.153. The molecule has 2 nitrogen and oxygen atoms in total. The molecule has 12 heavy (non-hydrogen) atoms. The number of ether oxygens (including phenoxy) is 1. The second kappa shape index (κ2) is 7.56. The van der Waals surface area contributed by atoms with Gasteiger partial charge >= 0.3 is 7.56 Å². The lowest BCUT2D eigenvalue weighted by Gasteiger charge is -2.17. The van der Waals surface area contributed by atoms with Crippen molar-refractivity contribution < 1.29 is 9.05 Å². The molecule has 0 aromatic rings. The predicted octanol–water partition coefficient (Wildman–Crippen LogP) is 1.33. The summed E-state index contributed by atoms with van der Waals surface area (Å²) in [6, 6.07) is 0. The van der Waals surface area contributed by atoms with Crippen molar-refractivity contribution in [2.24, 2.45) is 0 Å². The van der Waals surface area contributed by atoms with E-state index < -0.39 is 0 Å². The molecule has 0 saturated carbocycles. The van der Waals surface area contributed by atoms with E-state index in [1.807, 2.05) is 13.8 Å². The van der Waals surface area contributed by atoms with E-state index in [0.29, 0.717) is 20.5 Å². The van der Waals surface area contributed by atoms with Crippen molar-refractivity contribution in [2.75, 3.05) is 13.0 Å². The average Bonchev–Trinajstić information content (AvgIpc) is 2.05. The van der Waals surface area contributed by atoms with Crippen molar-refractivity contribution in [3.8, 4) is 0 Å². The molecule has 0 amide bonds. The Morgan fingerprint density at radius 1 is 1.42 bits per heavy atom. The van der Waals surface area contributed by atoms with Gasteiger partial charge in [0.05, 0.1) is 12.2 Å². The Balaban J connectivity index is 3.26. The molecule has 71 valence electrons. The highest BCUT2D eigenvalue weighted by atomic mass is 19.1. The van der Waals surface area contributed by atoms with E-state index in [0.717, 1.165) is 6.42 Å². The fourth-order valence-electron chi connectivity index (χ4n) is 0.882.